The Hall–Kier alpha value is -3.07. The number of hydrogen-bond donors (Lipinski definition) is 2. The zero-order chi connectivity index (χ0) is 55.9. The number of carbonyl (C=O) groups is 2. The Labute approximate surface area is 474 Å². The summed E-state index contributed by atoms with van der Waals surface area (Å²) in [5.74, 6) is -0.832. The fourth-order valence-electron chi connectivity index (χ4n) is 8.86. The molecule has 3 N–H and O–H groups in total. The lowest BCUT2D eigenvalue weighted by atomic mass is 10.0. The van der Waals surface area contributed by atoms with Crippen molar-refractivity contribution in [1.29, 1.82) is 0 Å². The van der Waals surface area contributed by atoms with Gasteiger partial charge in [-0.05, 0) is 89.9 Å². The molecule has 0 aromatic heterocycles. The number of carbonyl (C=O) groups excluding carboxylic acids is 2. The second-order valence-electron chi connectivity index (χ2n) is 20.9. The molecule has 0 rings (SSSR count). The van der Waals surface area contributed by atoms with Crippen LogP contribution >= 0.6 is 7.82 Å². The van der Waals surface area contributed by atoms with Gasteiger partial charge in [0.2, 0.25) is 0 Å². The van der Waals surface area contributed by atoms with Gasteiger partial charge in [-0.2, -0.15) is 0 Å². The van der Waals surface area contributed by atoms with Crippen molar-refractivity contribution in [3.8, 4) is 0 Å². The van der Waals surface area contributed by atoms with Crippen molar-refractivity contribution in [3.05, 3.63) is 97.2 Å². The minimum Gasteiger partial charge on any atom is -0.462 e. The lowest BCUT2D eigenvalue weighted by Gasteiger charge is -2.19. The Morgan fingerprint density at radius 1 is 0.390 bits per heavy atom. The van der Waals surface area contributed by atoms with Crippen LogP contribution in [0.15, 0.2) is 97.2 Å². The third kappa shape index (κ3) is 62.0. The lowest BCUT2D eigenvalue weighted by Crippen LogP contribution is -2.29. The highest BCUT2D eigenvalue weighted by Crippen LogP contribution is 2.43. The van der Waals surface area contributed by atoms with Crippen LogP contribution in [0.2, 0.25) is 0 Å². The molecule has 0 aliphatic carbocycles. The number of esters is 2. The molecule has 0 amide bonds. The normalized spacial score (nSPS) is 13.7. The van der Waals surface area contributed by atoms with E-state index in [9.17, 15) is 19.0 Å². The molecule has 444 valence electrons. The van der Waals surface area contributed by atoms with Gasteiger partial charge >= 0.3 is 19.8 Å². The van der Waals surface area contributed by atoms with Crippen LogP contribution in [-0.4, -0.2) is 49.3 Å². The van der Waals surface area contributed by atoms with Crippen molar-refractivity contribution in [2.75, 3.05) is 26.4 Å². The molecule has 0 bridgehead atoms. The van der Waals surface area contributed by atoms with E-state index in [-0.39, 0.29) is 38.6 Å². The van der Waals surface area contributed by atoms with Gasteiger partial charge in [0.15, 0.2) is 6.10 Å². The predicted octanol–water partition coefficient (Wildman–Crippen LogP) is 20.4. The van der Waals surface area contributed by atoms with Gasteiger partial charge in [0.1, 0.15) is 6.61 Å². The van der Waals surface area contributed by atoms with Gasteiger partial charge in [-0.25, -0.2) is 4.57 Å². The van der Waals surface area contributed by atoms with Crippen molar-refractivity contribution < 1.29 is 37.6 Å². The molecule has 0 fully saturated rings. The molecule has 0 radical (unpaired) electrons. The monoisotopic (exact) mass is 1100 g/mol. The van der Waals surface area contributed by atoms with E-state index in [0.717, 1.165) is 103 Å². The number of ether oxygens (including phenoxy) is 2. The first-order valence-corrected chi connectivity index (χ1v) is 33.2. The van der Waals surface area contributed by atoms with E-state index in [2.05, 4.69) is 111 Å². The first kappa shape index (κ1) is 73.9. The number of hydrogen-bond acceptors (Lipinski definition) is 8. The van der Waals surface area contributed by atoms with Crippen LogP contribution in [0.4, 0.5) is 0 Å². The van der Waals surface area contributed by atoms with E-state index >= 15 is 0 Å². The molecule has 0 spiro atoms. The lowest BCUT2D eigenvalue weighted by molar-refractivity contribution is -0.161. The number of nitrogens with two attached hydrogens (primary N) is 1. The van der Waals surface area contributed by atoms with Crippen LogP contribution < -0.4 is 5.73 Å². The minimum atomic E-state index is -4.39. The van der Waals surface area contributed by atoms with Crippen LogP contribution in [0.1, 0.15) is 284 Å². The molecule has 0 heterocycles. The van der Waals surface area contributed by atoms with Gasteiger partial charge in [-0.3, -0.25) is 18.6 Å². The second kappa shape index (κ2) is 62.1. The van der Waals surface area contributed by atoms with Crippen molar-refractivity contribution in [1.82, 2.24) is 0 Å². The van der Waals surface area contributed by atoms with Crippen molar-refractivity contribution in [2.24, 2.45) is 5.73 Å². The second-order valence-corrected chi connectivity index (χ2v) is 22.3. The highest BCUT2D eigenvalue weighted by molar-refractivity contribution is 7.47. The van der Waals surface area contributed by atoms with Gasteiger partial charge in [-0.15, -0.1) is 0 Å². The first-order chi connectivity index (χ1) is 37.8. The van der Waals surface area contributed by atoms with Crippen LogP contribution in [-0.2, 0) is 32.7 Å². The van der Waals surface area contributed by atoms with Gasteiger partial charge in [0, 0.05) is 19.4 Å². The SMILES string of the molecule is CC/C=C\C/C=C\C/C=C\C/C=C\C/C=C\CCCCCCCCCCCCCCCCCCCCCCCCCC(=O)OC(COC(=O)CCCCCCCCC/C=C\C/C=C\C/C=C\CC)COP(=O)(O)OCCN. The minimum absolute atomic E-state index is 0.0500. The Morgan fingerprint density at radius 2 is 0.675 bits per heavy atom. The van der Waals surface area contributed by atoms with Crippen molar-refractivity contribution in [2.45, 2.75) is 290 Å². The van der Waals surface area contributed by atoms with Crippen LogP contribution in [0.5, 0.6) is 0 Å². The van der Waals surface area contributed by atoms with Gasteiger partial charge in [0.05, 0.1) is 13.2 Å². The van der Waals surface area contributed by atoms with E-state index in [1.165, 1.54) is 148 Å². The first-order valence-electron chi connectivity index (χ1n) is 31.7. The molecule has 2 unspecified atom stereocenters. The third-order valence-electron chi connectivity index (χ3n) is 13.5. The summed E-state index contributed by atoms with van der Waals surface area (Å²) < 4.78 is 33.0. The van der Waals surface area contributed by atoms with E-state index in [1.54, 1.807) is 0 Å². The molecular weight excluding hydrogens is 978 g/mol. The molecular formula is C67H118NO8P. The van der Waals surface area contributed by atoms with Crippen LogP contribution in [0, 0.1) is 0 Å². The Balaban J connectivity index is 3.81. The van der Waals surface area contributed by atoms with E-state index < -0.39 is 26.5 Å². The van der Waals surface area contributed by atoms with E-state index in [0.29, 0.717) is 6.42 Å². The largest absolute Gasteiger partial charge is 0.472 e. The van der Waals surface area contributed by atoms with Crippen molar-refractivity contribution >= 4 is 19.8 Å². The van der Waals surface area contributed by atoms with Gasteiger partial charge < -0.3 is 20.1 Å². The van der Waals surface area contributed by atoms with Gasteiger partial charge in [-0.1, -0.05) is 278 Å². The average molecular weight is 1100 g/mol. The quantitative estimate of drug-likeness (QED) is 0.0264. The fraction of sp³-hybridized carbons (Fsp3) is 0.731. The summed E-state index contributed by atoms with van der Waals surface area (Å²) in [7, 11) is -4.39. The van der Waals surface area contributed by atoms with Crippen LogP contribution in [0.25, 0.3) is 0 Å². The van der Waals surface area contributed by atoms with E-state index in [1.807, 2.05) is 0 Å². The molecule has 0 aliphatic rings. The summed E-state index contributed by atoms with van der Waals surface area (Å²) in [6, 6.07) is 0. The Morgan fingerprint density at radius 3 is 1.00 bits per heavy atom. The highest BCUT2D eigenvalue weighted by atomic mass is 31.2. The third-order valence-corrected chi connectivity index (χ3v) is 14.4. The smallest absolute Gasteiger partial charge is 0.462 e. The highest BCUT2D eigenvalue weighted by Gasteiger charge is 2.26. The maximum absolute atomic E-state index is 12.7. The predicted molar refractivity (Wildman–Crippen MR) is 330 cm³/mol. The molecule has 0 saturated heterocycles. The molecule has 0 aliphatic heterocycles. The molecule has 9 nitrogen and oxygen atoms in total. The Bertz CT molecular complexity index is 1580. The molecule has 77 heavy (non-hydrogen) atoms. The van der Waals surface area contributed by atoms with Crippen molar-refractivity contribution in [3.63, 3.8) is 0 Å². The topological polar surface area (TPSA) is 134 Å². The Kier molecular flexibility index (Phi) is 59.7. The molecule has 10 heteroatoms. The number of unbranched alkanes of at least 4 members (excludes halogenated alkanes) is 30. The number of phosphoric ester groups is 1. The van der Waals surface area contributed by atoms with Crippen LogP contribution in [0.3, 0.4) is 0 Å². The summed E-state index contributed by atoms with van der Waals surface area (Å²) in [5.41, 5.74) is 5.38. The fourth-order valence-corrected chi connectivity index (χ4v) is 9.62. The zero-order valence-electron chi connectivity index (χ0n) is 49.7. The summed E-state index contributed by atoms with van der Waals surface area (Å²) in [4.78, 5) is 35.2. The zero-order valence-corrected chi connectivity index (χ0v) is 50.6. The molecule has 0 aromatic carbocycles. The average Bonchev–Trinajstić information content (AvgIpc) is 3.42. The van der Waals surface area contributed by atoms with E-state index in [4.69, 9.17) is 24.3 Å². The summed E-state index contributed by atoms with van der Waals surface area (Å²) in [5, 5.41) is 0. The standard InChI is InChI=1S/C67H118NO8P/c1-3-5-7-9-11-13-15-17-19-21-22-23-24-25-26-27-28-29-30-31-32-33-34-35-36-37-38-39-40-41-42-44-46-48-50-52-54-56-58-60-67(70)76-65(64-75-77(71,72)74-62-61-68)63-73-66(69)59-57-55-53-51-49-47-45-43-20-18-16-14-12-10-8-6-4-2/h5-8,11-14,17-20,22-23,25-26,65H,3-4,9-10,15-16,21,24,27-64,68H2,1-2H3,(H,71,72)/b7-5-,8-6-,13-11-,14-12-,19-17-,20-18-,23-22-,26-25-. The molecule has 0 aromatic rings. The number of allylic oxidation sites excluding steroid dienone is 16. The maximum atomic E-state index is 12.7. The van der Waals surface area contributed by atoms with Gasteiger partial charge in [0.25, 0.3) is 0 Å². The summed E-state index contributed by atoms with van der Waals surface area (Å²) in [6.07, 6.45) is 83.5. The molecule has 0 saturated carbocycles. The maximum Gasteiger partial charge on any atom is 0.472 e. The number of phosphoric acid groups is 1. The molecule has 2 atom stereocenters. The number of rotatable bonds is 59. The summed E-state index contributed by atoms with van der Waals surface area (Å²) >= 11 is 0. The summed E-state index contributed by atoms with van der Waals surface area (Å²) in [6.45, 7) is 3.53.